The molecule has 2 heterocycles. The zero-order valence-electron chi connectivity index (χ0n) is 14.4. The van der Waals surface area contributed by atoms with Crippen LogP contribution in [0.25, 0.3) is 11.0 Å². The summed E-state index contributed by atoms with van der Waals surface area (Å²) in [5.41, 5.74) is 5.41. The second-order valence-corrected chi connectivity index (χ2v) is 5.50. The summed E-state index contributed by atoms with van der Waals surface area (Å²) in [7, 11) is 0. The third kappa shape index (κ3) is 5.27. The molecule has 7 nitrogen and oxygen atoms in total. The number of aromatic nitrogens is 2. The Kier molecular flexibility index (Phi) is 6.21. The Morgan fingerprint density at radius 1 is 0.962 bits per heavy atom. The first-order chi connectivity index (χ1) is 12.4. The Balaban J connectivity index is 0.000000261. The molecule has 0 saturated heterocycles. The van der Waals surface area contributed by atoms with Gasteiger partial charge in [0.15, 0.2) is 5.82 Å². The van der Waals surface area contributed by atoms with Crippen LogP contribution in [0.1, 0.15) is 25.2 Å². The van der Waals surface area contributed by atoms with Crippen molar-refractivity contribution in [1.29, 1.82) is 0 Å². The Hall–Kier alpha value is -3.48. The molecule has 3 N–H and O–H groups in total. The van der Waals surface area contributed by atoms with Gasteiger partial charge in [-0.25, -0.2) is 9.98 Å². The maximum atomic E-state index is 9.00. The molecule has 0 saturated carbocycles. The van der Waals surface area contributed by atoms with Gasteiger partial charge in [0.2, 0.25) is 0 Å². The van der Waals surface area contributed by atoms with Gasteiger partial charge in [-0.1, -0.05) is 30.3 Å². The van der Waals surface area contributed by atoms with Gasteiger partial charge in [-0.05, 0) is 23.8 Å². The first-order valence-corrected chi connectivity index (χ1v) is 7.86. The number of aliphatic imine (C=N–C) groups is 1. The highest BCUT2D eigenvalue weighted by Gasteiger charge is 2.17. The molecule has 0 radical (unpaired) electrons. The number of para-hydroxylation sites is 3. The molecule has 0 bridgehead atoms. The van der Waals surface area contributed by atoms with Crippen molar-refractivity contribution in [2.45, 2.75) is 20.3 Å². The highest BCUT2D eigenvalue weighted by molar-refractivity contribution is 6.05. The number of carbonyl (C=O) groups is 2. The molecule has 134 valence electrons. The van der Waals surface area contributed by atoms with Crippen LogP contribution in [0.3, 0.4) is 0 Å². The van der Waals surface area contributed by atoms with Crippen LogP contribution in [-0.2, 0) is 16.0 Å². The summed E-state index contributed by atoms with van der Waals surface area (Å²) in [5.74, 6) is -0.785. The standard InChI is InChI=1S/C15H11N3.2C2H4O2/c1-2-6-11-10(5-1)9-14(16-11)15-17-12-7-3-4-8-13(12)18-15;2*1-2(3)4/h1-8H,9H2,(H,17,18);2*1H3,(H,3,4). The van der Waals surface area contributed by atoms with Crippen molar-refractivity contribution in [1.82, 2.24) is 9.97 Å². The minimum absolute atomic E-state index is 0.833. The van der Waals surface area contributed by atoms with Gasteiger partial charge in [0.1, 0.15) is 0 Å². The monoisotopic (exact) mass is 353 g/mol. The number of carboxylic acid groups (broad SMARTS) is 2. The molecule has 0 fully saturated rings. The smallest absolute Gasteiger partial charge is 0.300 e. The number of fused-ring (bicyclic) bond motifs is 2. The van der Waals surface area contributed by atoms with Gasteiger partial charge < -0.3 is 15.2 Å². The summed E-state index contributed by atoms with van der Waals surface area (Å²) in [6, 6.07) is 16.3. The highest BCUT2D eigenvalue weighted by Crippen LogP contribution is 2.28. The van der Waals surface area contributed by atoms with Crippen LogP contribution in [-0.4, -0.2) is 37.8 Å². The van der Waals surface area contributed by atoms with Gasteiger partial charge in [-0.15, -0.1) is 0 Å². The van der Waals surface area contributed by atoms with Crippen molar-refractivity contribution in [3.8, 4) is 0 Å². The molecule has 1 aliphatic rings. The molecule has 3 aromatic rings. The van der Waals surface area contributed by atoms with E-state index in [1.807, 2.05) is 36.4 Å². The van der Waals surface area contributed by atoms with E-state index in [9.17, 15) is 0 Å². The molecular formula is C19H19N3O4. The Morgan fingerprint density at radius 3 is 2.15 bits per heavy atom. The molecular weight excluding hydrogens is 334 g/mol. The van der Waals surface area contributed by atoms with Crippen LogP contribution in [0, 0.1) is 0 Å². The summed E-state index contributed by atoms with van der Waals surface area (Å²) in [6.07, 6.45) is 0.857. The zero-order chi connectivity index (χ0) is 19.1. The van der Waals surface area contributed by atoms with Crippen molar-refractivity contribution in [3.63, 3.8) is 0 Å². The van der Waals surface area contributed by atoms with Crippen LogP contribution >= 0.6 is 0 Å². The molecule has 0 atom stereocenters. The largest absolute Gasteiger partial charge is 0.481 e. The Labute approximate surface area is 150 Å². The summed E-state index contributed by atoms with van der Waals surface area (Å²) in [6.45, 7) is 2.17. The molecule has 2 aromatic carbocycles. The number of imidazole rings is 1. The van der Waals surface area contributed by atoms with Gasteiger partial charge >= 0.3 is 0 Å². The Morgan fingerprint density at radius 2 is 1.54 bits per heavy atom. The fraction of sp³-hybridized carbons (Fsp3) is 0.158. The molecule has 0 spiro atoms. The maximum Gasteiger partial charge on any atom is 0.300 e. The van der Waals surface area contributed by atoms with Crippen molar-refractivity contribution >= 4 is 34.4 Å². The number of nitrogens with one attached hydrogen (secondary N) is 1. The van der Waals surface area contributed by atoms with Crippen LogP contribution in [0.15, 0.2) is 53.5 Å². The lowest BCUT2D eigenvalue weighted by atomic mass is 10.1. The molecule has 0 amide bonds. The van der Waals surface area contributed by atoms with Crippen molar-refractivity contribution in [2.24, 2.45) is 4.99 Å². The second-order valence-electron chi connectivity index (χ2n) is 5.50. The molecule has 4 rings (SSSR count). The number of carboxylic acids is 2. The quantitative estimate of drug-likeness (QED) is 0.620. The fourth-order valence-corrected chi connectivity index (χ4v) is 2.36. The number of benzene rings is 2. The van der Waals surface area contributed by atoms with E-state index in [-0.39, 0.29) is 0 Å². The lowest BCUT2D eigenvalue weighted by Crippen LogP contribution is -2.02. The van der Waals surface area contributed by atoms with E-state index in [0.29, 0.717) is 0 Å². The second kappa shape index (κ2) is 8.57. The predicted molar refractivity (Wildman–Crippen MR) is 99.1 cm³/mol. The van der Waals surface area contributed by atoms with Gasteiger partial charge in [0.25, 0.3) is 11.9 Å². The van der Waals surface area contributed by atoms with Gasteiger partial charge in [-0.3, -0.25) is 9.59 Å². The van der Waals surface area contributed by atoms with Crippen LogP contribution in [0.5, 0.6) is 0 Å². The molecule has 0 aliphatic carbocycles. The number of nitrogens with zero attached hydrogens (tertiary/aromatic N) is 2. The minimum atomic E-state index is -0.833. The van der Waals surface area contributed by atoms with E-state index >= 15 is 0 Å². The SMILES string of the molecule is CC(=O)O.CC(=O)O.c1ccc2c(c1)CC(c1nc3ccccc3[nH]1)=N2. The number of hydrogen-bond acceptors (Lipinski definition) is 4. The molecule has 26 heavy (non-hydrogen) atoms. The minimum Gasteiger partial charge on any atom is -0.481 e. The predicted octanol–water partition coefficient (Wildman–Crippen LogP) is 3.42. The third-order valence-corrected chi connectivity index (χ3v) is 3.27. The number of hydrogen-bond donors (Lipinski definition) is 3. The summed E-state index contributed by atoms with van der Waals surface area (Å²) in [4.78, 5) is 30.6. The third-order valence-electron chi connectivity index (χ3n) is 3.27. The number of rotatable bonds is 1. The average molecular weight is 353 g/mol. The highest BCUT2D eigenvalue weighted by atomic mass is 16.4. The Bertz CT molecular complexity index is 907. The average Bonchev–Trinajstić information content (AvgIpc) is 3.17. The summed E-state index contributed by atoms with van der Waals surface area (Å²) >= 11 is 0. The molecule has 1 aliphatic heterocycles. The van der Waals surface area contributed by atoms with E-state index in [1.54, 1.807) is 0 Å². The molecule has 0 unspecified atom stereocenters. The molecule has 7 heteroatoms. The van der Waals surface area contributed by atoms with E-state index < -0.39 is 11.9 Å². The van der Waals surface area contributed by atoms with Crippen LogP contribution < -0.4 is 0 Å². The molecule has 1 aromatic heterocycles. The van der Waals surface area contributed by atoms with E-state index in [2.05, 4.69) is 27.1 Å². The number of H-pyrrole nitrogens is 1. The van der Waals surface area contributed by atoms with Crippen LogP contribution in [0.4, 0.5) is 5.69 Å². The van der Waals surface area contributed by atoms with Gasteiger partial charge in [-0.2, -0.15) is 0 Å². The number of aromatic amines is 1. The first-order valence-electron chi connectivity index (χ1n) is 7.86. The van der Waals surface area contributed by atoms with Gasteiger partial charge in [0, 0.05) is 20.3 Å². The van der Waals surface area contributed by atoms with Crippen molar-refractivity contribution in [3.05, 3.63) is 59.9 Å². The van der Waals surface area contributed by atoms with Crippen molar-refractivity contribution < 1.29 is 19.8 Å². The van der Waals surface area contributed by atoms with E-state index in [0.717, 1.165) is 48.5 Å². The first kappa shape index (κ1) is 18.9. The van der Waals surface area contributed by atoms with Crippen molar-refractivity contribution in [2.75, 3.05) is 0 Å². The zero-order valence-corrected chi connectivity index (χ0v) is 14.4. The topological polar surface area (TPSA) is 116 Å². The fourth-order valence-electron chi connectivity index (χ4n) is 2.36. The maximum absolute atomic E-state index is 9.00. The number of aliphatic carboxylic acids is 2. The lowest BCUT2D eigenvalue weighted by Gasteiger charge is -1.93. The van der Waals surface area contributed by atoms with E-state index in [1.165, 1.54) is 5.56 Å². The normalized spacial score (nSPS) is 11.4. The van der Waals surface area contributed by atoms with Crippen LogP contribution in [0.2, 0.25) is 0 Å². The summed E-state index contributed by atoms with van der Waals surface area (Å²) < 4.78 is 0. The van der Waals surface area contributed by atoms with Gasteiger partial charge in [0.05, 0.1) is 22.4 Å². The lowest BCUT2D eigenvalue weighted by molar-refractivity contribution is -0.135. The van der Waals surface area contributed by atoms with E-state index in [4.69, 9.17) is 19.8 Å². The summed E-state index contributed by atoms with van der Waals surface area (Å²) in [5, 5.41) is 14.8.